The lowest BCUT2D eigenvalue weighted by atomic mass is 9.97. The zero-order valence-electron chi connectivity index (χ0n) is 10.7. The summed E-state index contributed by atoms with van der Waals surface area (Å²) < 4.78 is 5.67. The van der Waals surface area contributed by atoms with E-state index in [-0.39, 0.29) is 5.78 Å². The van der Waals surface area contributed by atoms with Crippen molar-refractivity contribution in [2.45, 2.75) is 12.8 Å². The molecule has 2 aromatic carbocycles. The summed E-state index contributed by atoms with van der Waals surface area (Å²) >= 11 is 12.1. The molecule has 0 unspecified atom stereocenters. The summed E-state index contributed by atoms with van der Waals surface area (Å²) in [6.07, 6.45) is 1.91. The van der Waals surface area contributed by atoms with E-state index in [1.165, 1.54) is 0 Å². The van der Waals surface area contributed by atoms with Gasteiger partial charge in [-0.25, -0.2) is 0 Å². The molecule has 0 fully saturated rings. The van der Waals surface area contributed by atoms with E-state index in [0.717, 1.165) is 18.4 Å². The first-order valence-corrected chi connectivity index (χ1v) is 7.17. The van der Waals surface area contributed by atoms with Crippen molar-refractivity contribution in [3.05, 3.63) is 63.1 Å². The molecule has 2 nitrogen and oxygen atoms in total. The molecule has 20 heavy (non-hydrogen) atoms. The van der Waals surface area contributed by atoms with Crippen LogP contribution >= 0.6 is 23.2 Å². The summed E-state index contributed by atoms with van der Waals surface area (Å²) in [5.74, 6) is 0.524. The second kappa shape index (κ2) is 5.47. The Balaban J connectivity index is 2.09. The van der Waals surface area contributed by atoms with Crippen molar-refractivity contribution in [3.8, 4) is 5.75 Å². The highest BCUT2D eigenvalue weighted by Gasteiger charge is 2.21. The van der Waals surface area contributed by atoms with Gasteiger partial charge in [0.25, 0.3) is 0 Å². The van der Waals surface area contributed by atoms with E-state index < -0.39 is 0 Å². The third kappa shape index (κ3) is 2.41. The Kier molecular flexibility index (Phi) is 3.68. The molecule has 4 heteroatoms. The molecule has 3 rings (SSSR count). The summed E-state index contributed by atoms with van der Waals surface area (Å²) in [4.78, 5) is 12.7. The molecule has 0 spiro atoms. The van der Waals surface area contributed by atoms with Gasteiger partial charge in [0.2, 0.25) is 0 Å². The average molecular weight is 307 g/mol. The van der Waals surface area contributed by atoms with Crippen LogP contribution in [0, 0.1) is 0 Å². The molecule has 1 heterocycles. The summed E-state index contributed by atoms with van der Waals surface area (Å²) in [5.41, 5.74) is 2.02. The Morgan fingerprint density at radius 2 is 1.95 bits per heavy atom. The number of para-hydroxylation sites is 1. The molecule has 2 aromatic rings. The number of hydrogen-bond acceptors (Lipinski definition) is 2. The van der Waals surface area contributed by atoms with Crippen molar-refractivity contribution < 1.29 is 9.53 Å². The minimum atomic E-state index is -0.156. The molecule has 0 aliphatic carbocycles. The first kappa shape index (κ1) is 13.5. The van der Waals surface area contributed by atoms with Gasteiger partial charge in [0, 0.05) is 10.6 Å². The first-order chi connectivity index (χ1) is 9.66. The van der Waals surface area contributed by atoms with Crippen LogP contribution in [0.5, 0.6) is 5.75 Å². The summed E-state index contributed by atoms with van der Waals surface area (Å²) in [7, 11) is 0. The van der Waals surface area contributed by atoms with Gasteiger partial charge < -0.3 is 4.74 Å². The van der Waals surface area contributed by atoms with Crippen LogP contribution in [0.15, 0.2) is 36.4 Å². The Morgan fingerprint density at radius 1 is 1.10 bits per heavy atom. The number of halogens is 2. The molecular formula is C16H12Cl2O2. The second-order valence-corrected chi connectivity index (χ2v) is 5.54. The van der Waals surface area contributed by atoms with Gasteiger partial charge in [-0.05, 0) is 42.7 Å². The molecule has 0 radical (unpaired) electrons. The summed E-state index contributed by atoms with van der Waals surface area (Å²) in [6, 6.07) is 10.5. The van der Waals surface area contributed by atoms with Gasteiger partial charge >= 0.3 is 0 Å². The minimum Gasteiger partial charge on any atom is -0.493 e. The van der Waals surface area contributed by atoms with Gasteiger partial charge in [-0.3, -0.25) is 4.79 Å². The molecule has 0 bridgehead atoms. The SMILES string of the molecule is O=C(c1cc(Cl)ccc1Cl)c1cccc2c1OCCC2. The van der Waals surface area contributed by atoms with Gasteiger partial charge in [-0.2, -0.15) is 0 Å². The van der Waals surface area contributed by atoms with E-state index in [4.69, 9.17) is 27.9 Å². The van der Waals surface area contributed by atoms with E-state index in [1.807, 2.05) is 12.1 Å². The zero-order valence-corrected chi connectivity index (χ0v) is 12.2. The molecule has 0 aromatic heterocycles. The average Bonchev–Trinajstić information content (AvgIpc) is 2.48. The van der Waals surface area contributed by atoms with Gasteiger partial charge in [0.1, 0.15) is 5.75 Å². The maximum atomic E-state index is 12.7. The van der Waals surface area contributed by atoms with Gasteiger partial charge in [0.15, 0.2) is 5.78 Å². The van der Waals surface area contributed by atoms with E-state index in [0.29, 0.717) is 33.5 Å². The predicted octanol–water partition coefficient (Wildman–Crippen LogP) is 4.55. The van der Waals surface area contributed by atoms with E-state index in [2.05, 4.69) is 0 Å². The topological polar surface area (TPSA) is 26.3 Å². The molecule has 102 valence electrons. The van der Waals surface area contributed by atoms with E-state index in [1.54, 1.807) is 24.3 Å². The van der Waals surface area contributed by atoms with Crippen molar-refractivity contribution in [1.82, 2.24) is 0 Å². The quantitative estimate of drug-likeness (QED) is 0.761. The Bertz CT molecular complexity index is 680. The molecule has 1 aliphatic heterocycles. The maximum absolute atomic E-state index is 12.7. The minimum absolute atomic E-state index is 0.156. The Morgan fingerprint density at radius 3 is 2.80 bits per heavy atom. The van der Waals surface area contributed by atoms with Gasteiger partial charge in [0.05, 0.1) is 17.2 Å². The number of hydrogen-bond donors (Lipinski definition) is 0. The molecular weight excluding hydrogens is 295 g/mol. The number of ether oxygens (including phenoxy) is 1. The van der Waals surface area contributed by atoms with Crippen molar-refractivity contribution in [2.24, 2.45) is 0 Å². The normalized spacial score (nSPS) is 13.5. The summed E-state index contributed by atoms with van der Waals surface area (Å²) in [6.45, 7) is 0.639. The number of ketones is 1. The van der Waals surface area contributed by atoms with Crippen LogP contribution in [0.4, 0.5) is 0 Å². The standard InChI is InChI=1S/C16H12Cl2O2/c17-11-6-7-14(18)13(9-11)15(19)12-5-1-3-10-4-2-8-20-16(10)12/h1,3,5-7,9H,2,4,8H2. The molecule has 0 N–H and O–H groups in total. The number of fused-ring (bicyclic) bond motifs is 1. The fourth-order valence-electron chi connectivity index (χ4n) is 2.38. The van der Waals surface area contributed by atoms with Crippen LogP contribution in [-0.2, 0) is 6.42 Å². The molecule has 0 atom stereocenters. The highest BCUT2D eigenvalue weighted by molar-refractivity contribution is 6.36. The molecule has 0 saturated heterocycles. The van der Waals surface area contributed by atoms with E-state index >= 15 is 0 Å². The van der Waals surface area contributed by atoms with Crippen LogP contribution < -0.4 is 4.74 Å². The van der Waals surface area contributed by atoms with Crippen molar-refractivity contribution in [3.63, 3.8) is 0 Å². The number of benzene rings is 2. The number of carbonyl (C=O) groups is 1. The van der Waals surface area contributed by atoms with Crippen LogP contribution in [0.25, 0.3) is 0 Å². The fraction of sp³-hybridized carbons (Fsp3) is 0.188. The zero-order chi connectivity index (χ0) is 14.1. The van der Waals surface area contributed by atoms with Crippen molar-refractivity contribution >= 4 is 29.0 Å². The van der Waals surface area contributed by atoms with Crippen LogP contribution in [-0.4, -0.2) is 12.4 Å². The first-order valence-electron chi connectivity index (χ1n) is 6.41. The Labute approximate surface area is 127 Å². The van der Waals surface area contributed by atoms with Crippen molar-refractivity contribution in [1.29, 1.82) is 0 Å². The summed E-state index contributed by atoms with van der Waals surface area (Å²) in [5, 5.41) is 0.885. The number of carbonyl (C=O) groups excluding carboxylic acids is 1. The predicted molar refractivity (Wildman–Crippen MR) is 80.2 cm³/mol. The maximum Gasteiger partial charge on any atom is 0.198 e. The third-order valence-corrected chi connectivity index (χ3v) is 3.92. The van der Waals surface area contributed by atoms with Crippen LogP contribution in [0.1, 0.15) is 27.9 Å². The fourth-order valence-corrected chi connectivity index (χ4v) is 2.76. The van der Waals surface area contributed by atoms with E-state index in [9.17, 15) is 4.79 Å². The van der Waals surface area contributed by atoms with Gasteiger partial charge in [-0.15, -0.1) is 0 Å². The monoisotopic (exact) mass is 306 g/mol. The smallest absolute Gasteiger partial charge is 0.198 e. The lowest BCUT2D eigenvalue weighted by Gasteiger charge is -2.20. The van der Waals surface area contributed by atoms with Crippen molar-refractivity contribution in [2.75, 3.05) is 6.61 Å². The Hall–Kier alpha value is -1.51. The molecule has 0 amide bonds. The van der Waals surface area contributed by atoms with Crippen LogP contribution in [0.2, 0.25) is 10.0 Å². The lowest BCUT2D eigenvalue weighted by molar-refractivity contribution is 0.103. The largest absolute Gasteiger partial charge is 0.493 e. The number of rotatable bonds is 2. The second-order valence-electron chi connectivity index (χ2n) is 4.70. The molecule has 1 aliphatic rings. The highest BCUT2D eigenvalue weighted by Crippen LogP contribution is 2.32. The van der Waals surface area contributed by atoms with Crippen LogP contribution in [0.3, 0.4) is 0 Å². The van der Waals surface area contributed by atoms with Gasteiger partial charge in [-0.1, -0.05) is 35.3 Å². The molecule has 0 saturated carbocycles. The lowest BCUT2D eigenvalue weighted by Crippen LogP contribution is -2.13. The third-order valence-electron chi connectivity index (χ3n) is 3.35. The highest BCUT2D eigenvalue weighted by atomic mass is 35.5. The number of aryl methyl sites for hydroxylation is 1.